The Morgan fingerprint density at radius 1 is 1.00 bits per heavy atom. The second-order valence-corrected chi connectivity index (χ2v) is 9.68. The maximum atomic E-state index is 12.4. The fraction of sp³-hybridized carbons (Fsp3) is 0.321. The molecule has 0 spiro atoms. The fourth-order valence-corrected chi connectivity index (χ4v) is 5.07. The van der Waals surface area contributed by atoms with Crippen molar-refractivity contribution < 1.29 is 4.79 Å². The Kier molecular flexibility index (Phi) is 6.97. The Morgan fingerprint density at radius 3 is 2.44 bits per heavy atom. The van der Waals surface area contributed by atoms with Crippen LogP contribution in [0.3, 0.4) is 0 Å². The molecule has 186 valence electrons. The van der Waals surface area contributed by atoms with E-state index in [9.17, 15) is 4.79 Å². The number of aliphatic imine (C=N–C) groups is 1. The van der Waals surface area contributed by atoms with Crippen LogP contribution in [0.2, 0.25) is 0 Å². The number of nitrogens with zero attached hydrogens (tertiary/aromatic N) is 3. The second-order valence-electron chi connectivity index (χ2n) is 9.68. The molecule has 1 aliphatic heterocycles. The Morgan fingerprint density at radius 2 is 1.72 bits per heavy atom. The number of nitrogens with two attached hydrogens (primary N) is 3. The zero-order chi connectivity index (χ0) is 25.1. The number of pyridine rings is 1. The van der Waals surface area contributed by atoms with Crippen molar-refractivity contribution in [3.05, 3.63) is 71.8 Å². The normalized spacial score (nSPS) is 21.6. The van der Waals surface area contributed by atoms with Gasteiger partial charge in [-0.2, -0.15) is 0 Å². The van der Waals surface area contributed by atoms with Gasteiger partial charge in [-0.25, -0.2) is 4.98 Å². The molecule has 36 heavy (non-hydrogen) atoms. The topological polar surface area (TPSA) is 136 Å². The predicted molar refractivity (Wildman–Crippen MR) is 145 cm³/mol. The van der Waals surface area contributed by atoms with Crippen molar-refractivity contribution in [1.82, 2.24) is 15.2 Å². The number of fused-ring (bicyclic) bond motifs is 1. The third-order valence-corrected chi connectivity index (χ3v) is 7.10. The average molecular weight is 484 g/mol. The van der Waals surface area contributed by atoms with Crippen LogP contribution in [0.5, 0.6) is 0 Å². The SMILES string of the molecule is NC(=O)/C(C(N)=NC1CC(CN2CCNCC2)C1)=C(/N)c1ccc2ccc(-c3ccccc3)nc2c1. The van der Waals surface area contributed by atoms with E-state index in [1.807, 2.05) is 60.7 Å². The minimum absolute atomic E-state index is 0.0686. The van der Waals surface area contributed by atoms with Crippen LogP contribution in [0, 0.1) is 5.92 Å². The summed E-state index contributed by atoms with van der Waals surface area (Å²) in [6.45, 7) is 5.36. The van der Waals surface area contributed by atoms with Crippen molar-refractivity contribution in [1.29, 1.82) is 0 Å². The number of nitrogens with one attached hydrogen (secondary N) is 1. The first-order valence-corrected chi connectivity index (χ1v) is 12.5. The molecule has 1 aliphatic carbocycles. The largest absolute Gasteiger partial charge is 0.397 e. The summed E-state index contributed by atoms with van der Waals surface area (Å²) in [5, 5.41) is 4.35. The van der Waals surface area contributed by atoms with E-state index in [0.717, 1.165) is 67.7 Å². The lowest BCUT2D eigenvalue weighted by atomic mass is 9.80. The molecule has 0 bridgehead atoms. The number of hydrogen-bond acceptors (Lipinski definition) is 6. The number of carbonyl (C=O) groups is 1. The molecule has 2 heterocycles. The summed E-state index contributed by atoms with van der Waals surface area (Å²) >= 11 is 0. The van der Waals surface area contributed by atoms with Gasteiger partial charge < -0.3 is 27.4 Å². The van der Waals surface area contributed by atoms with E-state index >= 15 is 0 Å². The molecule has 0 radical (unpaired) electrons. The minimum atomic E-state index is -0.684. The molecule has 0 atom stereocenters. The lowest BCUT2D eigenvalue weighted by Crippen LogP contribution is -2.47. The van der Waals surface area contributed by atoms with Crippen LogP contribution in [0.4, 0.5) is 0 Å². The standard InChI is InChI=1S/C28H33N7O/c29-26(21-7-6-20-8-9-23(34-24(20)16-21)19-4-2-1-3-5-19)25(28(31)36)27(30)33-22-14-18(15-22)17-35-12-10-32-11-13-35/h1-9,16,18,22,32H,10-15,17,29H2,(H2,30,33)(H2,31,36)/b26-25+. The van der Waals surface area contributed by atoms with Gasteiger partial charge in [0.1, 0.15) is 11.4 Å². The molecule has 2 fully saturated rings. The zero-order valence-electron chi connectivity index (χ0n) is 20.4. The van der Waals surface area contributed by atoms with E-state index in [1.54, 1.807) is 0 Å². The smallest absolute Gasteiger partial charge is 0.254 e. The molecule has 8 heteroatoms. The summed E-state index contributed by atoms with van der Waals surface area (Å²) in [5.41, 5.74) is 22.0. The quantitative estimate of drug-likeness (QED) is 0.231. The predicted octanol–water partition coefficient (Wildman–Crippen LogP) is 2.10. The summed E-state index contributed by atoms with van der Waals surface area (Å²) in [5.74, 6) is 0.0293. The van der Waals surface area contributed by atoms with Crippen molar-refractivity contribution in [3.63, 3.8) is 0 Å². The first kappa shape index (κ1) is 24.0. The summed E-state index contributed by atoms with van der Waals surface area (Å²) in [6.07, 6.45) is 1.91. The van der Waals surface area contributed by atoms with E-state index in [0.29, 0.717) is 11.5 Å². The lowest BCUT2D eigenvalue weighted by molar-refractivity contribution is -0.114. The number of aromatic nitrogens is 1. The molecule has 1 amide bonds. The number of hydrogen-bond donors (Lipinski definition) is 4. The zero-order valence-corrected chi connectivity index (χ0v) is 20.4. The fourth-order valence-electron chi connectivity index (χ4n) is 5.07. The highest BCUT2D eigenvalue weighted by Gasteiger charge is 2.31. The third-order valence-electron chi connectivity index (χ3n) is 7.10. The first-order chi connectivity index (χ1) is 17.5. The van der Waals surface area contributed by atoms with Gasteiger partial charge in [0, 0.05) is 49.2 Å². The second kappa shape index (κ2) is 10.5. The van der Waals surface area contributed by atoms with Gasteiger partial charge in [0.05, 0.1) is 22.9 Å². The monoisotopic (exact) mass is 483 g/mol. The van der Waals surface area contributed by atoms with Crippen molar-refractivity contribution in [3.8, 4) is 11.3 Å². The Balaban J connectivity index is 1.36. The van der Waals surface area contributed by atoms with Gasteiger partial charge in [-0.15, -0.1) is 0 Å². The average Bonchev–Trinajstić information content (AvgIpc) is 2.87. The molecule has 1 saturated carbocycles. The highest BCUT2D eigenvalue weighted by atomic mass is 16.1. The van der Waals surface area contributed by atoms with Crippen LogP contribution in [-0.2, 0) is 4.79 Å². The Hall–Kier alpha value is -3.75. The van der Waals surface area contributed by atoms with Crippen LogP contribution in [0.15, 0.2) is 71.2 Å². The molecule has 1 aromatic heterocycles. The van der Waals surface area contributed by atoms with Crippen molar-refractivity contribution >= 4 is 28.3 Å². The van der Waals surface area contributed by atoms with Crippen molar-refractivity contribution in [2.75, 3.05) is 32.7 Å². The molecule has 2 aromatic carbocycles. The van der Waals surface area contributed by atoms with Crippen LogP contribution in [0.25, 0.3) is 27.9 Å². The molecule has 7 N–H and O–H groups in total. The number of benzene rings is 2. The highest BCUT2D eigenvalue weighted by molar-refractivity contribution is 6.24. The van der Waals surface area contributed by atoms with Crippen LogP contribution >= 0.6 is 0 Å². The summed E-state index contributed by atoms with van der Waals surface area (Å²) in [7, 11) is 0. The van der Waals surface area contributed by atoms with Crippen molar-refractivity contribution in [2.45, 2.75) is 18.9 Å². The first-order valence-electron chi connectivity index (χ1n) is 12.5. The Labute approximate surface area is 211 Å². The lowest BCUT2D eigenvalue weighted by Gasteiger charge is -2.38. The maximum absolute atomic E-state index is 12.4. The van der Waals surface area contributed by atoms with Gasteiger partial charge in [0.15, 0.2) is 0 Å². The summed E-state index contributed by atoms with van der Waals surface area (Å²) in [4.78, 5) is 24.3. The molecule has 8 nitrogen and oxygen atoms in total. The van der Waals surface area contributed by atoms with Crippen LogP contribution < -0.4 is 22.5 Å². The van der Waals surface area contributed by atoms with E-state index < -0.39 is 5.91 Å². The van der Waals surface area contributed by atoms with Crippen molar-refractivity contribution in [2.24, 2.45) is 28.1 Å². The van der Waals surface area contributed by atoms with E-state index in [-0.39, 0.29) is 23.1 Å². The number of rotatable bonds is 7. The molecular weight excluding hydrogens is 450 g/mol. The summed E-state index contributed by atoms with van der Waals surface area (Å²) < 4.78 is 0. The van der Waals surface area contributed by atoms with E-state index in [4.69, 9.17) is 22.2 Å². The number of amidine groups is 1. The Bertz CT molecular complexity index is 1310. The van der Waals surface area contributed by atoms with Gasteiger partial charge in [0.25, 0.3) is 5.91 Å². The minimum Gasteiger partial charge on any atom is -0.397 e. The van der Waals surface area contributed by atoms with Gasteiger partial charge in [-0.05, 0) is 30.9 Å². The van der Waals surface area contributed by atoms with Crippen LogP contribution in [-0.4, -0.2) is 60.4 Å². The highest BCUT2D eigenvalue weighted by Crippen LogP contribution is 2.31. The molecule has 0 unspecified atom stereocenters. The molecule has 2 aliphatic rings. The number of piperazine rings is 1. The molecular formula is C28H33N7O. The van der Waals surface area contributed by atoms with E-state index in [2.05, 4.69) is 15.2 Å². The molecule has 5 rings (SSSR count). The number of carbonyl (C=O) groups excluding carboxylic acids is 1. The third kappa shape index (κ3) is 5.24. The van der Waals surface area contributed by atoms with Gasteiger partial charge in [0.2, 0.25) is 0 Å². The molecule has 1 saturated heterocycles. The van der Waals surface area contributed by atoms with Crippen LogP contribution in [0.1, 0.15) is 18.4 Å². The van der Waals surface area contributed by atoms with Gasteiger partial charge in [-0.1, -0.05) is 48.5 Å². The maximum Gasteiger partial charge on any atom is 0.254 e. The van der Waals surface area contributed by atoms with Gasteiger partial charge in [-0.3, -0.25) is 9.79 Å². The molecule has 3 aromatic rings. The van der Waals surface area contributed by atoms with Gasteiger partial charge >= 0.3 is 0 Å². The number of amides is 1. The number of primary amides is 1. The van der Waals surface area contributed by atoms with E-state index in [1.165, 1.54) is 0 Å². The summed E-state index contributed by atoms with van der Waals surface area (Å²) in [6, 6.07) is 19.7.